The summed E-state index contributed by atoms with van der Waals surface area (Å²) in [5.74, 6) is 0. The number of aliphatic hydroxyl groups is 1. The van der Waals surface area contributed by atoms with E-state index in [1.807, 2.05) is 0 Å². The SMILES string of the molecule is COCCCOCCOC1CCC(O)CC1. The maximum atomic E-state index is 9.33. The molecule has 4 nitrogen and oxygen atoms in total. The van der Waals surface area contributed by atoms with Crippen molar-refractivity contribution in [2.75, 3.05) is 33.5 Å². The van der Waals surface area contributed by atoms with Gasteiger partial charge in [0, 0.05) is 20.3 Å². The molecule has 0 aromatic carbocycles. The summed E-state index contributed by atoms with van der Waals surface area (Å²) in [4.78, 5) is 0. The van der Waals surface area contributed by atoms with Crippen LogP contribution in [0.15, 0.2) is 0 Å². The van der Waals surface area contributed by atoms with E-state index in [1.54, 1.807) is 7.11 Å². The molecule has 1 N–H and O–H groups in total. The van der Waals surface area contributed by atoms with Gasteiger partial charge >= 0.3 is 0 Å². The Labute approximate surface area is 97.9 Å². The molecular weight excluding hydrogens is 208 g/mol. The first kappa shape index (κ1) is 13.9. The minimum absolute atomic E-state index is 0.106. The lowest BCUT2D eigenvalue weighted by Gasteiger charge is -2.25. The number of hydrogen-bond acceptors (Lipinski definition) is 4. The van der Waals surface area contributed by atoms with Gasteiger partial charge in [-0.2, -0.15) is 0 Å². The van der Waals surface area contributed by atoms with Gasteiger partial charge in [-0.3, -0.25) is 0 Å². The van der Waals surface area contributed by atoms with Gasteiger partial charge in [-0.05, 0) is 32.1 Å². The van der Waals surface area contributed by atoms with Crippen LogP contribution in [0.4, 0.5) is 0 Å². The van der Waals surface area contributed by atoms with Crippen molar-refractivity contribution in [2.45, 2.75) is 44.3 Å². The number of ether oxygens (including phenoxy) is 3. The molecule has 1 fully saturated rings. The second-order valence-electron chi connectivity index (χ2n) is 4.26. The smallest absolute Gasteiger partial charge is 0.0704 e. The first-order valence-electron chi connectivity index (χ1n) is 6.19. The second kappa shape index (κ2) is 8.93. The average molecular weight is 232 g/mol. The molecular formula is C12H24O4. The standard InChI is InChI=1S/C12H24O4/c1-14-7-2-8-15-9-10-16-12-5-3-11(13)4-6-12/h11-13H,2-10H2,1H3. The van der Waals surface area contributed by atoms with E-state index in [0.29, 0.717) is 19.3 Å². The van der Waals surface area contributed by atoms with E-state index in [1.165, 1.54) is 0 Å². The van der Waals surface area contributed by atoms with Crippen LogP contribution in [0.25, 0.3) is 0 Å². The summed E-state index contributed by atoms with van der Waals surface area (Å²) in [6.45, 7) is 2.80. The van der Waals surface area contributed by atoms with E-state index in [2.05, 4.69) is 0 Å². The molecule has 96 valence electrons. The Hall–Kier alpha value is -0.160. The molecule has 4 heteroatoms. The van der Waals surface area contributed by atoms with E-state index in [9.17, 15) is 5.11 Å². The maximum Gasteiger partial charge on any atom is 0.0704 e. The van der Waals surface area contributed by atoms with Crippen molar-refractivity contribution in [1.29, 1.82) is 0 Å². The predicted molar refractivity (Wildman–Crippen MR) is 61.5 cm³/mol. The number of hydrogen-bond donors (Lipinski definition) is 1. The molecule has 0 saturated heterocycles. The molecule has 1 saturated carbocycles. The summed E-state index contributed by atoms with van der Waals surface area (Å²) in [5, 5.41) is 9.33. The van der Waals surface area contributed by atoms with Crippen molar-refractivity contribution < 1.29 is 19.3 Å². The zero-order chi connectivity index (χ0) is 11.6. The molecule has 1 rings (SSSR count). The lowest BCUT2D eigenvalue weighted by atomic mass is 9.95. The van der Waals surface area contributed by atoms with Crippen molar-refractivity contribution in [3.05, 3.63) is 0 Å². The highest BCUT2D eigenvalue weighted by Crippen LogP contribution is 2.20. The molecule has 0 radical (unpaired) electrons. The van der Waals surface area contributed by atoms with Gasteiger partial charge in [-0.25, -0.2) is 0 Å². The fraction of sp³-hybridized carbons (Fsp3) is 1.00. The van der Waals surface area contributed by atoms with Crippen molar-refractivity contribution >= 4 is 0 Å². The van der Waals surface area contributed by atoms with Crippen LogP contribution in [-0.4, -0.2) is 50.9 Å². The Bertz CT molecular complexity index is 155. The molecule has 0 heterocycles. The monoisotopic (exact) mass is 232 g/mol. The van der Waals surface area contributed by atoms with E-state index < -0.39 is 0 Å². The Balaban J connectivity index is 1.84. The summed E-state index contributed by atoms with van der Waals surface area (Å²) < 4.78 is 16.0. The third kappa shape index (κ3) is 6.43. The fourth-order valence-corrected chi connectivity index (χ4v) is 1.89. The van der Waals surface area contributed by atoms with Gasteiger partial charge in [0.05, 0.1) is 25.4 Å². The second-order valence-corrected chi connectivity index (χ2v) is 4.26. The highest BCUT2D eigenvalue weighted by molar-refractivity contribution is 4.71. The quantitative estimate of drug-likeness (QED) is 0.642. The van der Waals surface area contributed by atoms with Gasteiger partial charge in [-0.15, -0.1) is 0 Å². The highest BCUT2D eigenvalue weighted by Gasteiger charge is 2.19. The van der Waals surface area contributed by atoms with Gasteiger partial charge in [0.15, 0.2) is 0 Å². The Morgan fingerprint density at radius 3 is 2.44 bits per heavy atom. The molecule has 0 unspecified atom stereocenters. The Morgan fingerprint density at radius 2 is 1.75 bits per heavy atom. The van der Waals surface area contributed by atoms with Crippen LogP contribution in [0.2, 0.25) is 0 Å². The van der Waals surface area contributed by atoms with Crippen molar-refractivity contribution in [3.8, 4) is 0 Å². The zero-order valence-electron chi connectivity index (χ0n) is 10.2. The first-order chi connectivity index (χ1) is 7.83. The van der Waals surface area contributed by atoms with E-state index in [0.717, 1.165) is 45.3 Å². The average Bonchev–Trinajstić information content (AvgIpc) is 2.30. The van der Waals surface area contributed by atoms with Crippen LogP contribution in [0.3, 0.4) is 0 Å². The fourth-order valence-electron chi connectivity index (χ4n) is 1.89. The molecule has 0 aromatic heterocycles. The van der Waals surface area contributed by atoms with Gasteiger partial charge < -0.3 is 19.3 Å². The number of aliphatic hydroxyl groups excluding tert-OH is 1. The highest BCUT2D eigenvalue weighted by atomic mass is 16.5. The van der Waals surface area contributed by atoms with Gasteiger partial charge in [-0.1, -0.05) is 0 Å². The summed E-state index contributed by atoms with van der Waals surface area (Å²) in [5.41, 5.74) is 0. The first-order valence-corrected chi connectivity index (χ1v) is 6.19. The predicted octanol–water partition coefficient (Wildman–Crippen LogP) is 1.36. The number of rotatable bonds is 8. The molecule has 0 spiro atoms. The molecule has 0 amide bonds. The van der Waals surface area contributed by atoms with Crippen molar-refractivity contribution in [3.63, 3.8) is 0 Å². The lowest BCUT2D eigenvalue weighted by Crippen LogP contribution is -2.25. The zero-order valence-corrected chi connectivity index (χ0v) is 10.2. The third-order valence-corrected chi connectivity index (χ3v) is 2.86. The van der Waals surface area contributed by atoms with Crippen molar-refractivity contribution in [1.82, 2.24) is 0 Å². The normalized spacial score (nSPS) is 25.9. The van der Waals surface area contributed by atoms with E-state index in [-0.39, 0.29) is 6.10 Å². The largest absolute Gasteiger partial charge is 0.393 e. The lowest BCUT2D eigenvalue weighted by molar-refractivity contribution is -0.0297. The minimum Gasteiger partial charge on any atom is -0.393 e. The molecule has 0 aromatic rings. The van der Waals surface area contributed by atoms with Gasteiger partial charge in [0.25, 0.3) is 0 Å². The molecule has 0 atom stereocenters. The minimum atomic E-state index is -0.106. The van der Waals surface area contributed by atoms with Crippen LogP contribution >= 0.6 is 0 Å². The van der Waals surface area contributed by atoms with Gasteiger partial charge in [0.1, 0.15) is 0 Å². The third-order valence-electron chi connectivity index (χ3n) is 2.86. The van der Waals surface area contributed by atoms with Crippen LogP contribution < -0.4 is 0 Å². The van der Waals surface area contributed by atoms with Crippen LogP contribution in [-0.2, 0) is 14.2 Å². The van der Waals surface area contributed by atoms with E-state index >= 15 is 0 Å². The topological polar surface area (TPSA) is 47.9 Å². The van der Waals surface area contributed by atoms with E-state index in [4.69, 9.17) is 14.2 Å². The summed E-state index contributed by atoms with van der Waals surface area (Å²) in [6.07, 6.45) is 4.86. The van der Waals surface area contributed by atoms with Crippen LogP contribution in [0, 0.1) is 0 Å². The van der Waals surface area contributed by atoms with Gasteiger partial charge in [0.2, 0.25) is 0 Å². The Kier molecular flexibility index (Phi) is 7.76. The van der Waals surface area contributed by atoms with Crippen molar-refractivity contribution in [2.24, 2.45) is 0 Å². The molecule has 1 aliphatic rings. The molecule has 1 aliphatic carbocycles. The van der Waals surface area contributed by atoms with Crippen LogP contribution in [0.1, 0.15) is 32.1 Å². The molecule has 16 heavy (non-hydrogen) atoms. The summed E-state index contributed by atoms with van der Waals surface area (Å²) in [6, 6.07) is 0. The summed E-state index contributed by atoms with van der Waals surface area (Å²) in [7, 11) is 1.70. The number of methoxy groups -OCH3 is 1. The summed E-state index contributed by atoms with van der Waals surface area (Å²) >= 11 is 0. The Morgan fingerprint density at radius 1 is 1.00 bits per heavy atom. The molecule has 0 aliphatic heterocycles. The van der Waals surface area contributed by atoms with Crippen LogP contribution in [0.5, 0.6) is 0 Å². The molecule has 0 bridgehead atoms. The maximum absolute atomic E-state index is 9.33.